The van der Waals surface area contributed by atoms with Gasteiger partial charge in [-0.05, 0) is 30.3 Å². The van der Waals surface area contributed by atoms with Crippen LogP contribution in [0.3, 0.4) is 0 Å². The number of rotatable bonds is 3. The van der Waals surface area contributed by atoms with E-state index in [1.54, 1.807) is 42.7 Å². The van der Waals surface area contributed by atoms with Crippen LogP contribution in [-0.4, -0.2) is 20.9 Å². The van der Waals surface area contributed by atoms with E-state index < -0.39 is 0 Å². The molecule has 0 radical (unpaired) electrons. The Kier molecular flexibility index (Phi) is 4.07. The highest BCUT2D eigenvalue weighted by atomic mass is 35.5. The van der Waals surface area contributed by atoms with Crippen LogP contribution in [0.15, 0.2) is 61.2 Å². The fourth-order valence-corrected chi connectivity index (χ4v) is 2.11. The van der Waals surface area contributed by atoms with Crippen LogP contribution in [0.1, 0.15) is 10.5 Å². The zero-order chi connectivity index (χ0) is 15.4. The van der Waals surface area contributed by atoms with Gasteiger partial charge in [0.15, 0.2) is 0 Å². The molecule has 0 atom stereocenters. The van der Waals surface area contributed by atoms with E-state index in [1.165, 1.54) is 6.33 Å². The molecule has 2 aromatic heterocycles. The third-order valence-corrected chi connectivity index (χ3v) is 3.17. The van der Waals surface area contributed by atoms with E-state index in [2.05, 4.69) is 20.3 Å². The number of halogens is 1. The number of nitrogens with one attached hydrogen (secondary N) is 1. The normalized spacial score (nSPS) is 10.2. The summed E-state index contributed by atoms with van der Waals surface area (Å²) in [5.41, 5.74) is 2.34. The molecule has 0 saturated carbocycles. The Morgan fingerprint density at radius 3 is 2.77 bits per heavy atom. The first-order valence-electron chi connectivity index (χ1n) is 6.52. The molecule has 2 heterocycles. The van der Waals surface area contributed by atoms with Crippen LogP contribution in [0.25, 0.3) is 11.3 Å². The molecule has 0 aliphatic rings. The summed E-state index contributed by atoms with van der Waals surface area (Å²) in [5, 5.41) is 3.34. The minimum absolute atomic E-state index is 0.272. The van der Waals surface area contributed by atoms with Crippen molar-refractivity contribution in [2.45, 2.75) is 0 Å². The first-order chi connectivity index (χ1) is 10.7. The van der Waals surface area contributed by atoms with Gasteiger partial charge in [-0.25, -0.2) is 9.97 Å². The van der Waals surface area contributed by atoms with Crippen LogP contribution in [0, 0.1) is 0 Å². The highest BCUT2D eigenvalue weighted by molar-refractivity contribution is 6.30. The molecule has 0 saturated heterocycles. The second-order valence-corrected chi connectivity index (χ2v) is 4.93. The molecule has 1 amide bonds. The molecule has 0 bridgehead atoms. The van der Waals surface area contributed by atoms with Crippen LogP contribution in [0.5, 0.6) is 0 Å². The molecular formula is C16H11ClN4O. The van der Waals surface area contributed by atoms with Gasteiger partial charge in [0.2, 0.25) is 0 Å². The van der Waals surface area contributed by atoms with Gasteiger partial charge in [-0.3, -0.25) is 9.78 Å². The number of amides is 1. The van der Waals surface area contributed by atoms with Crippen molar-refractivity contribution in [3.63, 3.8) is 0 Å². The lowest BCUT2D eigenvalue weighted by Gasteiger charge is -2.06. The van der Waals surface area contributed by atoms with Gasteiger partial charge in [-0.15, -0.1) is 0 Å². The molecule has 3 aromatic rings. The molecule has 3 rings (SSSR count). The van der Waals surface area contributed by atoms with Gasteiger partial charge in [0.05, 0.1) is 17.6 Å². The number of hydrogen-bond donors (Lipinski definition) is 1. The maximum Gasteiger partial charge on any atom is 0.274 e. The molecule has 1 N–H and O–H groups in total. The molecule has 108 valence electrons. The molecule has 0 fully saturated rings. The second-order valence-electron chi connectivity index (χ2n) is 4.49. The summed E-state index contributed by atoms with van der Waals surface area (Å²) in [6, 6.07) is 12.4. The summed E-state index contributed by atoms with van der Waals surface area (Å²) in [5.74, 6) is -0.321. The summed E-state index contributed by atoms with van der Waals surface area (Å²) in [6.45, 7) is 0. The predicted octanol–water partition coefficient (Wildman–Crippen LogP) is 3.44. The Morgan fingerprint density at radius 1 is 1.09 bits per heavy atom. The SMILES string of the molecule is O=C(Nc1cccnc1)c1cc(-c2cccc(Cl)c2)ncn1. The molecule has 6 heteroatoms. The maximum absolute atomic E-state index is 12.2. The molecule has 5 nitrogen and oxygen atoms in total. The molecule has 22 heavy (non-hydrogen) atoms. The minimum Gasteiger partial charge on any atom is -0.319 e. The topological polar surface area (TPSA) is 67.8 Å². The van der Waals surface area contributed by atoms with Gasteiger partial charge in [-0.2, -0.15) is 0 Å². The Balaban J connectivity index is 1.86. The van der Waals surface area contributed by atoms with Crippen LogP contribution in [0.2, 0.25) is 5.02 Å². The van der Waals surface area contributed by atoms with Crippen molar-refractivity contribution in [2.75, 3.05) is 5.32 Å². The van der Waals surface area contributed by atoms with Crippen molar-refractivity contribution in [2.24, 2.45) is 0 Å². The zero-order valence-corrected chi connectivity index (χ0v) is 12.2. The second kappa shape index (κ2) is 6.32. The number of nitrogens with zero attached hydrogens (tertiary/aromatic N) is 3. The van der Waals surface area contributed by atoms with E-state index in [0.29, 0.717) is 16.4 Å². The standard InChI is InChI=1S/C16H11ClN4O/c17-12-4-1-3-11(7-12)14-8-15(20-10-19-14)16(22)21-13-5-2-6-18-9-13/h1-10H,(H,21,22). The van der Waals surface area contributed by atoms with E-state index in [1.807, 2.05) is 12.1 Å². The third kappa shape index (κ3) is 3.27. The van der Waals surface area contributed by atoms with Crippen LogP contribution in [-0.2, 0) is 0 Å². The number of hydrogen-bond acceptors (Lipinski definition) is 4. The minimum atomic E-state index is -0.321. The summed E-state index contributed by atoms with van der Waals surface area (Å²) in [4.78, 5) is 24.3. The average molecular weight is 311 g/mol. The van der Waals surface area contributed by atoms with E-state index in [-0.39, 0.29) is 11.6 Å². The van der Waals surface area contributed by atoms with Gasteiger partial charge in [0, 0.05) is 16.8 Å². The van der Waals surface area contributed by atoms with Crippen molar-refractivity contribution in [1.29, 1.82) is 0 Å². The maximum atomic E-state index is 12.2. The number of pyridine rings is 1. The first-order valence-corrected chi connectivity index (χ1v) is 6.89. The fourth-order valence-electron chi connectivity index (χ4n) is 1.92. The Bertz CT molecular complexity index is 808. The fraction of sp³-hybridized carbons (Fsp3) is 0. The van der Waals surface area contributed by atoms with Gasteiger partial charge < -0.3 is 5.32 Å². The summed E-state index contributed by atoms with van der Waals surface area (Å²) < 4.78 is 0. The van der Waals surface area contributed by atoms with E-state index in [0.717, 1.165) is 5.56 Å². The molecule has 0 aliphatic heterocycles. The lowest BCUT2D eigenvalue weighted by molar-refractivity contribution is 0.102. The molecule has 0 unspecified atom stereocenters. The highest BCUT2D eigenvalue weighted by Gasteiger charge is 2.10. The van der Waals surface area contributed by atoms with Crippen LogP contribution in [0.4, 0.5) is 5.69 Å². The smallest absolute Gasteiger partial charge is 0.274 e. The van der Waals surface area contributed by atoms with E-state index in [4.69, 9.17) is 11.6 Å². The van der Waals surface area contributed by atoms with Crippen LogP contribution < -0.4 is 5.32 Å². The van der Waals surface area contributed by atoms with Gasteiger partial charge in [0.1, 0.15) is 12.0 Å². The number of carbonyl (C=O) groups excluding carboxylic acids is 1. The lowest BCUT2D eigenvalue weighted by atomic mass is 10.1. The number of carbonyl (C=O) groups is 1. The van der Waals surface area contributed by atoms with Gasteiger partial charge in [0.25, 0.3) is 5.91 Å². The quantitative estimate of drug-likeness (QED) is 0.804. The van der Waals surface area contributed by atoms with Crippen molar-refractivity contribution >= 4 is 23.2 Å². The van der Waals surface area contributed by atoms with E-state index >= 15 is 0 Å². The Labute approximate surface area is 132 Å². The number of anilines is 1. The monoisotopic (exact) mass is 310 g/mol. The highest BCUT2D eigenvalue weighted by Crippen LogP contribution is 2.21. The summed E-state index contributed by atoms with van der Waals surface area (Å²) >= 11 is 5.97. The van der Waals surface area contributed by atoms with Crippen molar-refractivity contribution in [3.8, 4) is 11.3 Å². The van der Waals surface area contributed by atoms with Gasteiger partial charge >= 0.3 is 0 Å². The number of aromatic nitrogens is 3. The molecule has 0 spiro atoms. The molecular weight excluding hydrogens is 300 g/mol. The lowest BCUT2D eigenvalue weighted by Crippen LogP contribution is -2.14. The van der Waals surface area contributed by atoms with Crippen molar-refractivity contribution < 1.29 is 4.79 Å². The number of benzene rings is 1. The zero-order valence-electron chi connectivity index (χ0n) is 11.4. The molecule has 1 aromatic carbocycles. The molecule has 0 aliphatic carbocycles. The Morgan fingerprint density at radius 2 is 2.00 bits per heavy atom. The van der Waals surface area contributed by atoms with Crippen LogP contribution >= 0.6 is 11.6 Å². The van der Waals surface area contributed by atoms with Crippen molar-refractivity contribution in [3.05, 3.63) is 71.9 Å². The predicted molar refractivity (Wildman–Crippen MR) is 84.7 cm³/mol. The first kappa shape index (κ1) is 14.2. The van der Waals surface area contributed by atoms with E-state index in [9.17, 15) is 4.79 Å². The third-order valence-electron chi connectivity index (χ3n) is 2.94. The Hall–Kier alpha value is -2.79. The average Bonchev–Trinajstić information content (AvgIpc) is 2.56. The van der Waals surface area contributed by atoms with Gasteiger partial charge in [-0.1, -0.05) is 23.7 Å². The van der Waals surface area contributed by atoms with Crippen molar-refractivity contribution in [1.82, 2.24) is 15.0 Å². The largest absolute Gasteiger partial charge is 0.319 e. The summed E-state index contributed by atoms with van der Waals surface area (Å²) in [6.07, 6.45) is 4.56. The summed E-state index contributed by atoms with van der Waals surface area (Å²) in [7, 11) is 0.